The number of anilines is 2. The van der Waals surface area contributed by atoms with E-state index in [-0.39, 0.29) is 4.90 Å². The Morgan fingerprint density at radius 1 is 1.15 bits per heavy atom. The number of benzene rings is 2. The minimum atomic E-state index is -3.75. The number of nitrogens with one attached hydrogen (secondary N) is 1. The van der Waals surface area contributed by atoms with E-state index < -0.39 is 26.9 Å². The number of nitriles is 1. The van der Waals surface area contributed by atoms with Crippen LogP contribution in [0.1, 0.15) is 12.5 Å². The maximum absolute atomic E-state index is 12.4. The van der Waals surface area contributed by atoms with Crippen LogP contribution in [0.15, 0.2) is 53.4 Å². The molecule has 0 saturated heterocycles. The van der Waals surface area contributed by atoms with E-state index in [2.05, 4.69) is 5.32 Å². The van der Waals surface area contributed by atoms with Crippen molar-refractivity contribution >= 4 is 33.0 Å². The Morgan fingerprint density at radius 3 is 2.48 bits per heavy atom. The fraction of sp³-hybridized carbons (Fsp3) is 0.211. The van der Waals surface area contributed by atoms with Crippen molar-refractivity contribution in [1.82, 2.24) is 0 Å². The topological polar surface area (TPSA) is 107 Å². The molecule has 0 aliphatic carbocycles. The van der Waals surface area contributed by atoms with Crippen LogP contribution in [-0.4, -0.2) is 32.0 Å². The highest BCUT2D eigenvalue weighted by Crippen LogP contribution is 2.27. The maximum Gasteiger partial charge on any atom is 0.316 e. The number of para-hydroxylation sites is 1. The molecule has 2 aromatic carbocycles. The Balaban J connectivity index is 1.72. The van der Waals surface area contributed by atoms with Crippen LogP contribution in [0.4, 0.5) is 11.4 Å². The van der Waals surface area contributed by atoms with Crippen molar-refractivity contribution < 1.29 is 18.0 Å². The quantitative estimate of drug-likeness (QED) is 0.815. The molecule has 8 heteroatoms. The number of rotatable bonds is 3. The molecular formula is C19H17N3O4S. The molecule has 0 saturated carbocycles. The number of carbonyl (C=O) groups excluding carboxylic acids is 2. The van der Waals surface area contributed by atoms with Gasteiger partial charge in [0, 0.05) is 17.9 Å². The number of hydrogen-bond donors (Lipinski definition) is 1. The minimum Gasteiger partial charge on any atom is -0.318 e. The molecule has 3 rings (SSSR count). The van der Waals surface area contributed by atoms with Gasteiger partial charge in [-0.2, -0.15) is 5.26 Å². The molecule has 138 valence electrons. The van der Waals surface area contributed by atoms with Crippen LogP contribution in [0, 0.1) is 11.3 Å². The molecule has 0 spiro atoms. The summed E-state index contributed by atoms with van der Waals surface area (Å²) in [5, 5.41) is 10.1. The lowest BCUT2D eigenvalue weighted by Crippen LogP contribution is -2.38. The predicted molar refractivity (Wildman–Crippen MR) is 99.8 cm³/mol. The van der Waals surface area contributed by atoms with Gasteiger partial charge in [0.05, 0.1) is 11.0 Å². The molecule has 1 heterocycles. The summed E-state index contributed by atoms with van der Waals surface area (Å²) in [6.07, 6.45) is 0.693. The molecule has 1 N–H and O–H groups in total. The smallest absolute Gasteiger partial charge is 0.316 e. The number of nitrogens with zero attached hydrogens (tertiary/aromatic N) is 2. The van der Waals surface area contributed by atoms with Crippen molar-refractivity contribution in [1.29, 1.82) is 5.26 Å². The molecule has 0 bridgehead atoms. The molecule has 0 unspecified atom stereocenters. The van der Waals surface area contributed by atoms with E-state index in [4.69, 9.17) is 5.26 Å². The van der Waals surface area contributed by atoms with Gasteiger partial charge in [-0.15, -0.1) is 0 Å². The molecule has 7 nitrogen and oxygen atoms in total. The zero-order chi connectivity index (χ0) is 19.6. The lowest BCUT2D eigenvalue weighted by Gasteiger charge is -2.16. The summed E-state index contributed by atoms with van der Waals surface area (Å²) < 4.78 is 24.3. The van der Waals surface area contributed by atoms with Crippen molar-refractivity contribution in [2.45, 2.75) is 23.5 Å². The van der Waals surface area contributed by atoms with Gasteiger partial charge in [0.2, 0.25) is 0 Å². The number of carbonyl (C=O) groups is 2. The maximum atomic E-state index is 12.4. The predicted octanol–water partition coefficient (Wildman–Crippen LogP) is 1.90. The first-order valence-corrected chi connectivity index (χ1v) is 9.83. The van der Waals surface area contributed by atoms with E-state index in [9.17, 15) is 18.0 Å². The molecule has 2 amide bonds. The molecule has 1 atom stereocenters. The SMILES string of the molecule is C[C@@H](C#N)S(=O)(=O)c1ccc(NC(=O)C(=O)N2CCc3ccccc32)cc1. The first-order valence-electron chi connectivity index (χ1n) is 8.29. The molecule has 0 fully saturated rings. The van der Waals surface area contributed by atoms with E-state index >= 15 is 0 Å². The third kappa shape index (κ3) is 3.55. The number of hydrogen-bond acceptors (Lipinski definition) is 5. The second-order valence-electron chi connectivity index (χ2n) is 6.13. The summed E-state index contributed by atoms with van der Waals surface area (Å²) in [7, 11) is -3.75. The highest BCUT2D eigenvalue weighted by molar-refractivity contribution is 7.92. The first-order chi connectivity index (χ1) is 12.8. The van der Waals surface area contributed by atoms with E-state index in [1.165, 1.54) is 36.1 Å². The summed E-state index contributed by atoms with van der Waals surface area (Å²) in [5.74, 6) is -1.47. The van der Waals surface area contributed by atoms with E-state index in [1.807, 2.05) is 18.2 Å². The third-order valence-electron chi connectivity index (χ3n) is 4.41. The zero-order valence-corrected chi connectivity index (χ0v) is 15.4. The van der Waals surface area contributed by atoms with Gasteiger partial charge in [-0.25, -0.2) is 8.42 Å². The standard InChI is InChI=1S/C19H17N3O4S/c1-13(12-20)27(25,26)16-8-6-15(7-9-16)21-18(23)19(24)22-11-10-14-4-2-3-5-17(14)22/h2-9,13H,10-11H2,1H3,(H,21,23)/t13-/m0/s1. The fourth-order valence-electron chi connectivity index (χ4n) is 2.86. The van der Waals surface area contributed by atoms with Gasteiger partial charge in [0.15, 0.2) is 9.84 Å². The lowest BCUT2D eigenvalue weighted by atomic mass is 10.2. The molecule has 27 heavy (non-hydrogen) atoms. The molecule has 1 aliphatic heterocycles. The second-order valence-corrected chi connectivity index (χ2v) is 8.40. The summed E-state index contributed by atoms with van der Waals surface area (Å²) in [4.78, 5) is 26.1. The first kappa shape index (κ1) is 18.6. The Hall–Kier alpha value is -3.18. The Bertz CT molecular complexity index is 1040. The zero-order valence-electron chi connectivity index (χ0n) is 14.5. The van der Waals surface area contributed by atoms with Gasteiger partial charge in [-0.1, -0.05) is 18.2 Å². The highest BCUT2D eigenvalue weighted by Gasteiger charge is 2.29. The van der Waals surface area contributed by atoms with E-state index in [0.717, 1.165) is 11.3 Å². The van der Waals surface area contributed by atoms with E-state index in [1.54, 1.807) is 12.1 Å². The monoisotopic (exact) mass is 383 g/mol. The van der Waals surface area contributed by atoms with Gasteiger partial charge in [-0.3, -0.25) is 9.59 Å². The van der Waals surface area contributed by atoms with Gasteiger partial charge in [0.25, 0.3) is 0 Å². The number of sulfone groups is 1. The Kier molecular flexibility index (Phi) is 4.97. The largest absolute Gasteiger partial charge is 0.318 e. The van der Waals surface area contributed by atoms with Crippen LogP contribution < -0.4 is 10.2 Å². The van der Waals surface area contributed by atoms with Crippen molar-refractivity contribution in [3.8, 4) is 6.07 Å². The summed E-state index contributed by atoms with van der Waals surface area (Å²) in [6.45, 7) is 1.74. The average molecular weight is 383 g/mol. The van der Waals surface area contributed by atoms with Crippen molar-refractivity contribution in [2.24, 2.45) is 0 Å². The van der Waals surface area contributed by atoms with Gasteiger partial charge < -0.3 is 10.2 Å². The summed E-state index contributed by atoms with van der Waals surface area (Å²) in [5.41, 5.74) is 2.04. The van der Waals surface area contributed by atoms with Crippen molar-refractivity contribution in [2.75, 3.05) is 16.8 Å². The summed E-state index contributed by atoms with van der Waals surface area (Å²) in [6, 6.07) is 14.5. The normalized spacial score (nSPS) is 14.1. The van der Waals surface area contributed by atoms with E-state index in [0.29, 0.717) is 18.7 Å². The van der Waals surface area contributed by atoms with Crippen LogP contribution in [0.3, 0.4) is 0 Å². The highest BCUT2D eigenvalue weighted by atomic mass is 32.2. The van der Waals surface area contributed by atoms with Gasteiger partial charge in [-0.05, 0) is 49.2 Å². The Morgan fingerprint density at radius 2 is 1.81 bits per heavy atom. The number of amides is 2. The number of fused-ring (bicyclic) bond motifs is 1. The van der Waals surface area contributed by atoms with Crippen molar-refractivity contribution in [3.63, 3.8) is 0 Å². The molecule has 1 aliphatic rings. The van der Waals surface area contributed by atoms with Crippen molar-refractivity contribution in [3.05, 3.63) is 54.1 Å². The van der Waals surface area contributed by atoms with Crippen LogP contribution in [0.25, 0.3) is 0 Å². The minimum absolute atomic E-state index is 0.0191. The van der Waals surface area contributed by atoms with Crippen LogP contribution in [-0.2, 0) is 25.8 Å². The second kappa shape index (κ2) is 7.21. The van der Waals surface area contributed by atoms with Gasteiger partial charge in [0.1, 0.15) is 5.25 Å². The average Bonchev–Trinajstić information content (AvgIpc) is 3.11. The third-order valence-corrected chi connectivity index (χ3v) is 6.38. The molecule has 2 aromatic rings. The fourth-order valence-corrected chi connectivity index (χ4v) is 3.92. The molecule has 0 aromatic heterocycles. The molecule has 0 radical (unpaired) electrons. The van der Waals surface area contributed by atoms with Crippen LogP contribution in [0.5, 0.6) is 0 Å². The Labute approximate surface area is 157 Å². The molecular weight excluding hydrogens is 366 g/mol. The summed E-state index contributed by atoms with van der Waals surface area (Å²) >= 11 is 0. The van der Waals surface area contributed by atoms with Crippen LogP contribution >= 0.6 is 0 Å². The lowest BCUT2D eigenvalue weighted by molar-refractivity contribution is -0.134. The van der Waals surface area contributed by atoms with Crippen LogP contribution in [0.2, 0.25) is 0 Å². The van der Waals surface area contributed by atoms with Gasteiger partial charge >= 0.3 is 11.8 Å².